The van der Waals surface area contributed by atoms with Gasteiger partial charge in [-0.2, -0.15) is 0 Å². The number of likely N-dealkylation sites (tertiary alicyclic amines) is 1. The van der Waals surface area contributed by atoms with Gasteiger partial charge in [-0.3, -0.25) is 9.59 Å². The number of rotatable bonds is 7. The van der Waals surface area contributed by atoms with Crippen molar-refractivity contribution in [1.29, 1.82) is 0 Å². The molecular weight excluding hydrogens is 324 g/mol. The first-order valence-electron chi connectivity index (χ1n) is 9.41. The Labute approximate surface area is 155 Å². The highest BCUT2D eigenvalue weighted by Crippen LogP contribution is 2.19. The van der Waals surface area contributed by atoms with E-state index in [1.165, 1.54) is 11.1 Å². The molecule has 1 fully saturated rings. The van der Waals surface area contributed by atoms with E-state index < -0.39 is 0 Å². The fraction of sp³-hybridized carbons (Fsp3) is 0.364. The van der Waals surface area contributed by atoms with Crippen molar-refractivity contribution >= 4 is 11.8 Å². The SMILES string of the molecule is O=C(CCc1ccc(-c2ccccc2)cc1)NCCN1CCCCC1=O. The van der Waals surface area contributed by atoms with Crippen molar-refractivity contribution in [3.05, 3.63) is 60.2 Å². The summed E-state index contributed by atoms with van der Waals surface area (Å²) in [5, 5.41) is 2.93. The molecule has 0 aromatic heterocycles. The molecule has 1 aliphatic rings. The van der Waals surface area contributed by atoms with Gasteiger partial charge in [-0.1, -0.05) is 54.6 Å². The molecule has 136 valence electrons. The number of nitrogens with zero attached hydrogens (tertiary/aromatic N) is 1. The highest BCUT2D eigenvalue weighted by molar-refractivity contribution is 5.77. The van der Waals surface area contributed by atoms with Crippen LogP contribution in [0.4, 0.5) is 0 Å². The van der Waals surface area contributed by atoms with Gasteiger partial charge in [0, 0.05) is 32.5 Å². The number of amides is 2. The van der Waals surface area contributed by atoms with E-state index in [2.05, 4.69) is 41.7 Å². The molecule has 0 spiro atoms. The molecule has 0 unspecified atom stereocenters. The zero-order chi connectivity index (χ0) is 18.2. The van der Waals surface area contributed by atoms with Gasteiger partial charge >= 0.3 is 0 Å². The van der Waals surface area contributed by atoms with Crippen LogP contribution in [-0.4, -0.2) is 36.3 Å². The predicted octanol–water partition coefficient (Wildman–Crippen LogP) is 3.41. The Kier molecular flexibility index (Phi) is 6.42. The lowest BCUT2D eigenvalue weighted by atomic mass is 10.0. The first-order valence-corrected chi connectivity index (χ1v) is 9.41. The minimum Gasteiger partial charge on any atom is -0.354 e. The maximum Gasteiger partial charge on any atom is 0.222 e. The van der Waals surface area contributed by atoms with Crippen LogP contribution < -0.4 is 5.32 Å². The van der Waals surface area contributed by atoms with Crippen molar-refractivity contribution in [2.45, 2.75) is 32.1 Å². The van der Waals surface area contributed by atoms with Crippen molar-refractivity contribution in [3.63, 3.8) is 0 Å². The van der Waals surface area contributed by atoms with Crippen molar-refractivity contribution in [2.24, 2.45) is 0 Å². The number of piperidine rings is 1. The fourth-order valence-corrected chi connectivity index (χ4v) is 3.27. The smallest absolute Gasteiger partial charge is 0.222 e. The van der Waals surface area contributed by atoms with Gasteiger partial charge in [0.25, 0.3) is 0 Å². The molecule has 0 atom stereocenters. The Hall–Kier alpha value is -2.62. The van der Waals surface area contributed by atoms with Crippen LogP contribution in [0, 0.1) is 0 Å². The monoisotopic (exact) mass is 350 g/mol. The third-order valence-corrected chi connectivity index (χ3v) is 4.83. The lowest BCUT2D eigenvalue weighted by Gasteiger charge is -2.26. The molecule has 1 N–H and O–H groups in total. The molecule has 0 aliphatic carbocycles. The summed E-state index contributed by atoms with van der Waals surface area (Å²) < 4.78 is 0. The molecule has 1 aliphatic heterocycles. The molecule has 3 rings (SSSR count). The summed E-state index contributed by atoms with van der Waals surface area (Å²) in [6, 6.07) is 18.6. The summed E-state index contributed by atoms with van der Waals surface area (Å²) in [7, 11) is 0. The zero-order valence-corrected chi connectivity index (χ0v) is 15.1. The normalized spacial score (nSPS) is 14.3. The molecule has 4 heteroatoms. The molecule has 26 heavy (non-hydrogen) atoms. The van der Waals surface area contributed by atoms with Crippen LogP contribution in [0.1, 0.15) is 31.2 Å². The average molecular weight is 350 g/mol. The number of carbonyl (C=O) groups is 2. The van der Waals surface area contributed by atoms with Crippen molar-refractivity contribution in [3.8, 4) is 11.1 Å². The van der Waals surface area contributed by atoms with Gasteiger partial charge in [0.15, 0.2) is 0 Å². The average Bonchev–Trinajstić information content (AvgIpc) is 2.69. The molecule has 0 bridgehead atoms. The third kappa shape index (κ3) is 5.19. The topological polar surface area (TPSA) is 49.4 Å². The molecule has 1 saturated heterocycles. The largest absolute Gasteiger partial charge is 0.354 e. The Morgan fingerprint density at radius 1 is 0.962 bits per heavy atom. The molecule has 0 saturated carbocycles. The Bertz CT molecular complexity index is 726. The summed E-state index contributed by atoms with van der Waals surface area (Å²) in [5.74, 6) is 0.255. The molecule has 2 amide bonds. The maximum atomic E-state index is 12.0. The van der Waals surface area contributed by atoms with Crippen LogP contribution in [0.25, 0.3) is 11.1 Å². The van der Waals surface area contributed by atoms with E-state index in [-0.39, 0.29) is 11.8 Å². The number of hydrogen-bond donors (Lipinski definition) is 1. The molecular formula is C22H26N2O2. The number of nitrogens with one attached hydrogen (secondary N) is 1. The highest BCUT2D eigenvalue weighted by Gasteiger charge is 2.17. The van der Waals surface area contributed by atoms with E-state index in [0.717, 1.165) is 31.4 Å². The Balaban J connectivity index is 1.39. The van der Waals surface area contributed by atoms with Crippen molar-refractivity contribution < 1.29 is 9.59 Å². The van der Waals surface area contributed by atoms with E-state index in [1.54, 1.807) is 0 Å². The van der Waals surface area contributed by atoms with Crippen LogP contribution in [-0.2, 0) is 16.0 Å². The summed E-state index contributed by atoms with van der Waals surface area (Å²) in [6.07, 6.45) is 3.90. The highest BCUT2D eigenvalue weighted by atomic mass is 16.2. The second-order valence-corrected chi connectivity index (χ2v) is 6.75. The standard InChI is InChI=1S/C22H26N2O2/c25-21(23-15-17-24-16-5-4-8-22(24)26)14-11-18-9-12-20(13-10-18)19-6-2-1-3-7-19/h1-3,6-7,9-10,12-13H,4-5,8,11,14-17H2,(H,23,25). The number of benzene rings is 2. The minimum absolute atomic E-state index is 0.0431. The van der Waals surface area contributed by atoms with E-state index in [4.69, 9.17) is 0 Å². The lowest BCUT2D eigenvalue weighted by molar-refractivity contribution is -0.133. The third-order valence-electron chi connectivity index (χ3n) is 4.83. The van der Waals surface area contributed by atoms with Gasteiger partial charge in [-0.25, -0.2) is 0 Å². The Morgan fingerprint density at radius 3 is 2.42 bits per heavy atom. The predicted molar refractivity (Wildman–Crippen MR) is 104 cm³/mol. The van der Waals surface area contributed by atoms with Crippen LogP contribution in [0.5, 0.6) is 0 Å². The zero-order valence-electron chi connectivity index (χ0n) is 15.1. The van der Waals surface area contributed by atoms with Gasteiger partial charge in [-0.05, 0) is 36.0 Å². The number of hydrogen-bond acceptors (Lipinski definition) is 2. The van der Waals surface area contributed by atoms with Crippen molar-refractivity contribution in [1.82, 2.24) is 10.2 Å². The summed E-state index contributed by atoms with van der Waals surface area (Å²) in [6.45, 7) is 1.98. The van der Waals surface area contributed by atoms with Crippen LogP contribution in [0.15, 0.2) is 54.6 Å². The van der Waals surface area contributed by atoms with Gasteiger partial charge in [0.05, 0.1) is 0 Å². The van der Waals surface area contributed by atoms with Crippen LogP contribution >= 0.6 is 0 Å². The minimum atomic E-state index is 0.0431. The molecule has 0 radical (unpaired) electrons. The van der Waals surface area contributed by atoms with E-state index in [1.807, 2.05) is 23.1 Å². The van der Waals surface area contributed by atoms with Gasteiger partial charge in [-0.15, -0.1) is 0 Å². The summed E-state index contributed by atoms with van der Waals surface area (Å²) >= 11 is 0. The van der Waals surface area contributed by atoms with Gasteiger partial charge in [0.2, 0.25) is 11.8 Å². The summed E-state index contributed by atoms with van der Waals surface area (Å²) in [5.41, 5.74) is 3.54. The lowest BCUT2D eigenvalue weighted by Crippen LogP contribution is -2.41. The molecule has 1 heterocycles. The second kappa shape index (κ2) is 9.18. The Morgan fingerprint density at radius 2 is 1.69 bits per heavy atom. The first kappa shape index (κ1) is 18.2. The molecule has 4 nitrogen and oxygen atoms in total. The summed E-state index contributed by atoms with van der Waals surface area (Å²) in [4.78, 5) is 25.6. The first-order chi connectivity index (χ1) is 12.7. The van der Waals surface area contributed by atoms with Gasteiger partial charge in [0.1, 0.15) is 0 Å². The fourth-order valence-electron chi connectivity index (χ4n) is 3.27. The molecule has 2 aromatic carbocycles. The maximum absolute atomic E-state index is 12.0. The van der Waals surface area contributed by atoms with E-state index in [9.17, 15) is 9.59 Å². The van der Waals surface area contributed by atoms with Crippen LogP contribution in [0.3, 0.4) is 0 Å². The van der Waals surface area contributed by atoms with Crippen molar-refractivity contribution in [2.75, 3.05) is 19.6 Å². The van der Waals surface area contributed by atoms with Crippen LogP contribution in [0.2, 0.25) is 0 Å². The quantitative estimate of drug-likeness (QED) is 0.832. The van der Waals surface area contributed by atoms with E-state index >= 15 is 0 Å². The van der Waals surface area contributed by atoms with E-state index in [0.29, 0.717) is 25.9 Å². The number of aryl methyl sites for hydroxylation is 1. The van der Waals surface area contributed by atoms with Gasteiger partial charge < -0.3 is 10.2 Å². The second-order valence-electron chi connectivity index (χ2n) is 6.75. The number of carbonyl (C=O) groups excluding carboxylic acids is 2. The molecule has 2 aromatic rings.